The molecule has 130 valence electrons. The number of hydrogen-bond acceptors (Lipinski definition) is 5. The van der Waals surface area contributed by atoms with Crippen LogP contribution < -0.4 is 5.32 Å². The minimum atomic E-state index is -0.543. The van der Waals surface area contributed by atoms with E-state index in [-0.39, 0.29) is 11.4 Å². The van der Waals surface area contributed by atoms with Crippen molar-refractivity contribution in [2.45, 2.75) is 26.2 Å². The number of rotatable bonds is 7. The molecule has 25 heavy (non-hydrogen) atoms. The molecule has 0 aliphatic carbocycles. The second-order valence-electron chi connectivity index (χ2n) is 5.91. The predicted molar refractivity (Wildman–Crippen MR) is 97.9 cm³/mol. The number of aromatic nitrogens is 2. The largest absolute Gasteiger partial charge is 0.505 e. The van der Waals surface area contributed by atoms with Crippen LogP contribution in [0.1, 0.15) is 26.2 Å². The molecule has 3 aromatic rings. The number of hydrogen-bond donors (Lipinski definition) is 3. The van der Waals surface area contributed by atoms with Crippen molar-refractivity contribution in [1.82, 2.24) is 9.97 Å². The quantitative estimate of drug-likeness (QED) is 0.335. The number of aromatic amines is 1. The third kappa shape index (κ3) is 3.71. The Bertz CT molecular complexity index is 887. The number of nitro groups is 1. The standard InChI is InChI=1S/C18H20N4O3/c1-2-3-4-9-19-13-7-5-12(6-8-13)18-20-15-10-14(22(24)25)11-16(23)17(15)21-18/h5-8,10-11,19,23H,2-4,9H2,1H3,(H,20,21). The molecule has 7 nitrogen and oxygen atoms in total. The van der Waals surface area contributed by atoms with Gasteiger partial charge in [0.25, 0.3) is 5.69 Å². The van der Waals surface area contributed by atoms with Gasteiger partial charge in [-0.1, -0.05) is 19.8 Å². The molecule has 0 spiro atoms. The van der Waals surface area contributed by atoms with Gasteiger partial charge in [0, 0.05) is 23.9 Å². The number of nitrogens with zero attached hydrogens (tertiary/aromatic N) is 2. The van der Waals surface area contributed by atoms with Gasteiger partial charge in [-0.2, -0.15) is 0 Å². The maximum atomic E-state index is 10.9. The fraction of sp³-hybridized carbons (Fsp3) is 0.278. The van der Waals surface area contributed by atoms with Gasteiger partial charge in [0.2, 0.25) is 0 Å². The maximum absolute atomic E-state index is 10.9. The molecule has 0 amide bonds. The van der Waals surface area contributed by atoms with Crippen molar-refractivity contribution < 1.29 is 10.0 Å². The fourth-order valence-corrected chi connectivity index (χ4v) is 2.68. The predicted octanol–water partition coefficient (Wildman–Crippen LogP) is 4.45. The number of imidazole rings is 1. The number of phenolic OH excluding ortho intramolecular Hbond substituents is 1. The van der Waals surface area contributed by atoms with E-state index in [1.54, 1.807) is 0 Å². The molecule has 2 aromatic carbocycles. The number of anilines is 1. The molecule has 0 bridgehead atoms. The van der Waals surface area contributed by atoms with Gasteiger partial charge in [-0.25, -0.2) is 4.98 Å². The van der Waals surface area contributed by atoms with Crippen LogP contribution in [0.5, 0.6) is 5.75 Å². The highest BCUT2D eigenvalue weighted by molar-refractivity contribution is 5.87. The lowest BCUT2D eigenvalue weighted by Crippen LogP contribution is -2.00. The number of phenols is 1. The van der Waals surface area contributed by atoms with E-state index in [2.05, 4.69) is 22.2 Å². The molecule has 1 aromatic heterocycles. The second-order valence-corrected chi connectivity index (χ2v) is 5.91. The van der Waals surface area contributed by atoms with E-state index >= 15 is 0 Å². The first kappa shape index (κ1) is 16.8. The molecular formula is C18H20N4O3. The first-order chi connectivity index (χ1) is 12.1. The first-order valence-corrected chi connectivity index (χ1v) is 8.30. The van der Waals surface area contributed by atoms with Crippen molar-refractivity contribution in [2.75, 3.05) is 11.9 Å². The Labute approximate surface area is 144 Å². The average Bonchev–Trinajstić information content (AvgIpc) is 3.04. The molecule has 0 aliphatic rings. The Balaban J connectivity index is 1.81. The van der Waals surface area contributed by atoms with Crippen LogP contribution in [0.15, 0.2) is 36.4 Å². The van der Waals surface area contributed by atoms with Crippen LogP contribution in [0.3, 0.4) is 0 Å². The Kier molecular flexibility index (Phi) is 4.83. The first-order valence-electron chi connectivity index (χ1n) is 8.30. The van der Waals surface area contributed by atoms with E-state index in [4.69, 9.17) is 0 Å². The minimum absolute atomic E-state index is 0.174. The average molecular weight is 340 g/mol. The molecule has 1 heterocycles. The van der Waals surface area contributed by atoms with E-state index in [0.29, 0.717) is 16.9 Å². The van der Waals surface area contributed by atoms with Gasteiger partial charge in [-0.05, 0) is 30.7 Å². The number of nitrogens with one attached hydrogen (secondary N) is 2. The van der Waals surface area contributed by atoms with Crippen LogP contribution in [0.2, 0.25) is 0 Å². The van der Waals surface area contributed by atoms with E-state index < -0.39 is 4.92 Å². The van der Waals surface area contributed by atoms with E-state index in [1.165, 1.54) is 18.9 Å². The minimum Gasteiger partial charge on any atom is -0.505 e. The Hall–Kier alpha value is -3.09. The zero-order valence-corrected chi connectivity index (χ0v) is 14.0. The lowest BCUT2D eigenvalue weighted by atomic mass is 10.2. The smallest absolute Gasteiger partial charge is 0.275 e. The summed E-state index contributed by atoms with van der Waals surface area (Å²) in [6.45, 7) is 3.11. The highest BCUT2D eigenvalue weighted by atomic mass is 16.6. The Morgan fingerprint density at radius 2 is 2.00 bits per heavy atom. The van der Waals surface area contributed by atoms with Crippen LogP contribution >= 0.6 is 0 Å². The van der Waals surface area contributed by atoms with E-state index in [9.17, 15) is 15.2 Å². The van der Waals surface area contributed by atoms with E-state index in [0.717, 1.165) is 30.3 Å². The summed E-state index contributed by atoms with van der Waals surface area (Å²) in [5.41, 5.74) is 2.46. The highest BCUT2D eigenvalue weighted by Crippen LogP contribution is 2.31. The number of aromatic hydroxyl groups is 1. The zero-order valence-electron chi connectivity index (χ0n) is 14.0. The van der Waals surface area contributed by atoms with Crippen LogP contribution in [0, 0.1) is 10.1 Å². The maximum Gasteiger partial charge on any atom is 0.275 e. The Morgan fingerprint density at radius 1 is 1.24 bits per heavy atom. The van der Waals surface area contributed by atoms with Crippen molar-refractivity contribution in [3.63, 3.8) is 0 Å². The van der Waals surface area contributed by atoms with Crippen LogP contribution in [-0.2, 0) is 0 Å². The Morgan fingerprint density at radius 3 is 2.68 bits per heavy atom. The van der Waals surface area contributed by atoms with Gasteiger partial charge in [-0.3, -0.25) is 10.1 Å². The molecule has 7 heteroatoms. The summed E-state index contributed by atoms with van der Waals surface area (Å²) in [5, 5.41) is 24.2. The summed E-state index contributed by atoms with van der Waals surface area (Å²) in [4.78, 5) is 17.7. The summed E-state index contributed by atoms with van der Waals surface area (Å²) in [6.07, 6.45) is 3.54. The summed E-state index contributed by atoms with van der Waals surface area (Å²) in [7, 11) is 0. The lowest BCUT2D eigenvalue weighted by molar-refractivity contribution is -0.384. The molecule has 0 atom stereocenters. The second kappa shape index (κ2) is 7.21. The van der Waals surface area contributed by atoms with E-state index in [1.807, 2.05) is 24.3 Å². The SMILES string of the molecule is CCCCCNc1ccc(-c2nc3c(O)cc([N+](=O)[O-])cc3[nH]2)cc1. The molecular weight excluding hydrogens is 320 g/mol. The summed E-state index contributed by atoms with van der Waals surface area (Å²) in [5.74, 6) is 0.351. The third-order valence-corrected chi connectivity index (χ3v) is 4.03. The molecule has 0 saturated carbocycles. The van der Waals surface area contributed by atoms with Gasteiger partial charge in [-0.15, -0.1) is 0 Å². The number of unbranched alkanes of at least 4 members (excludes halogenated alkanes) is 2. The summed E-state index contributed by atoms with van der Waals surface area (Å²) >= 11 is 0. The van der Waals surface area contributed by atoms with Crippen LogP contribution in [-0.4, -0.2) is 26.5 Å². The van der Waals surface area contributed by atoms with Crippen molar-refractivity contribution in [3.05, 3.63) is 46.5 Å². The molecule has 0 saturated heterocycles. The van der Waals surface area contributed by atoms with Crippen molar-refractivity contribution in [1.29, 1.82) is 0 Å². The van der Waals surface area contributed by atoms with Crippen molar-refractivity contribution >= 4 is 22.4 Å². The van der Waals surface area contributed by atoms with Gasteiger partial charge in [0.15, 0.2) is 0 Å². The summed E-state index contributed by atoms with van der Waals surface area (Å²) < 4.78 is 0. The number of fused-ring (bicyclic) bond motifs is 1. The van der Waals surface area contributed by atoms with Crippen molar-refractivity contribution in [2.24, 2.45) is 0 Å². The van der Waals surface area contributed by atoms with Gasteiger partial charge >= 0.3 is 0 Å². The number of benzene rings is 2. The monoisotopic (exact) mass is 340 g/mol. The summed E-state index contributed by atoms with van der Waals surface area (Å²) in [6, 6.07) is 10.3. The molecule has 3 rings (SSSR count). The zero-order chi connectivity index (χ0) is 17.8. The molecule has 0 fully saturated rings. The topological polar surface area (TPSA) is 104 Å². The lowest BCUT2D eigenvalue weighted by Gasteiger charge is -2.06. The van der Waals surface area contributed by atoms with Crippen LogP contribution in [0.4, 0.5) is 11.4 Å². The third-order valence-electron chi connectivity index (χ3n) is 4.03. The van der Waals surface area contributed by atoms with Gasteiger partial charge < -0.3 is 15.4 Å². The van der Waals surface area contributed by atoms with Crippen LogP contribution in [0.25, 0.3) is 22.4 Å². The molecule has 3 N–H and O–H groups in total. The van der Waals surface area contributed by atoms with Crippen molar-refractivity contribution in [3.8, 4) is 17.1 Å². The molecule has 0 radical (unpaired) electrons. The number of nitro benzene ring substituents is 1. The fourth-order valence-electron chi connectivity index (χ4n) is 2.68. The highest BCUT2D eigenvalue weighted by Gasteiger charge is 2.15. The molecule has 0 unspecified atom stereocenters. The number of H-pyrrole nitrogens is 1. The molecule has 0 aliphatic heterocycles. The van der Waals surface area contributed by atoms with Gasteiger partial charge in [0.05, 0.1) is 16.5 Å². The normalized spacial score (nSPS) is 10.9. The number of non-ortho nitro benzene ring substituents is 1. The van der Waals surface area contributed by atoms with Gasteiger partial charge in [0.1, 0.15) is 17.1 Å².